The number of fused-ring (bicyclic) bond motifs is 4. The Morgan fingerprint density at radius 2 is 2.04 bits per heavy atom. The highest BCUT2D eigenvalue weighted by molar-refractivity contribution is 5.76. The monoisotopic (exact) mass is 347 g/mol. The molecule has 25 heavy (non-hydrogen) atoms. The van der Waals surface area contributed by atoms with Crippen LogP contribution in [0.25, 0.3) is 0 Å². The smallest absolute Gasteiger partial charge is 0.250 e. The molecule has 0 spiro atoms. The van der Waals surface area contributed by atoms with Crippen LogP contribution in [0, 0.1) is 12.8 Å². The number of hydrogen-bond donors (Lipinski definition) is 0. The molecule has 4 heterocycles. The molecule has 0 N–H and O–H groups in total. The van der Waals surface area contributed by atoms with E-state index in [0.717, 1.165) is 44.9 Å². The van der Waals surface area contributed by atoms with Gasteiger partial charge in [0, 0.05) is 64.1 Å². The molecule has 3 aliphatic rings. The van der Waals surface area contributed by atoms with E-state index in [4.69, 9.17) is 4.74 Å². The predicted octanol–water partition coefficient (Wildman–Crippen LogP) is 1.12. The second-order valence-electron chi connectivity index (χ2n) is 7.29. The Morgan fingerprint density at radius 3 is 2.80 bits per heavy atom. The molecule has 0 aromatic carbocycles. The standard InChI is InChI=1S/C19H29N3O3/c1-15-4-3-5-19(24)22(15)9-8-18(23)21-13-16-6-7-17(14-21)20(12-16)10-11-25-2/h3-5,16-17H,6-14H2,1-2H3/t16-,17-/m1/s1. The lowest BCUT2D eigenvalue weighted by molar-refractivity contribution is -0.131. The first kappa shape index (κ1) is 18.1. The van der Waals surface area contributed by atoms with Crippen LogP contribution >= 0.6 is 0 Å². The molecule has 4 rings (SSSR count). The van der Waals surface area contributed by atoms with Crippen LogP contribution < -0.4 is 5.56 Å². The van der Waals surface area contributed by atoms with Gasteiger partial charge in [-0.2, -0.15) is 0 Å². The zero-order valence-electron chi connectivity index (χ0n) is 15.3. The molecular formula is C19H29N3O3. The molecule has 0 radical (unpaired) electrons. The summed E-state index contributed by atoms with van der Waals surface area (Å²) in [4.78, 5) is 29.2. The van der Waals surface area contributed by atoms with Gasteiger partial charge in [0.15, 0.2) is 0 Å². The van der Waals surface area contributed by atoms with Gasteiger partial charge in [0.1, 0.15) is 0 Å². The summed E-state index contributed by atoms with van der Waals surface area (Å²) in [6.45, 7) is 6.78. The van der Waals surface area contributed by atoms with Gasteiger partial charge in [-0.1, -0.05) is 6.07 Å². The highest BCUT2D eigenvalue weighted by Crippen LogP contribution is 2.28. The van der Waals surface area contributed by atoms with Gasteiger partial charge < -0.3 is 14.2 Å². The van der Waals surface area contributed by atoms with Gasteiger partial charge in [-0.05, 0) is 31.7 Å². The number of aryl methyl sites for hydroxylation is 1. The molecule has 2 bridgehead atoms. The average molecular weight is 347 g/mol. The fourth-order valence-corrected chi connectivity index (χ4v) is 4.14. The van der Waals surface area contributed by atoms with Crippen molar-refractivity contribution < 1.29 is 9.53 Å². The van der Waals surface area contributed by atoms with Gasteiger partial charge in [0.05, 0.1) is 6.61 Å². The van der Waals surface area contributed by atoms with Crippen molar-refractivity contribution in [3.63, 3.8) is 0 Å². The molecule has 6 nitrogen and oxygen atoms in total. The van der Waals surface area contributed by atoms with Crippen LogP contribution in [-0.2, 0) is 16.1 Å². The number of piperidine rings is 1. The van der Waals surface area contributed by atoms with Gasteiger partial charge in [-0.15, -0.1) is 0 Å². The third-order valence-corrected chi connectivity index (χ3v) is 5.58. The van der Waals surface area contributed by atoms with Crippen molar-refractivity contribution in [2.75, 3.05) is 39.9 Å². The maximum atomic E-state index is 12.8. The van der Waals surface area contributed by atoms with Gasteiger partial charge in [0.25, 0.3) is 5.56 Å². The van der Waals surface area contributed by atoms with E-state index < -0.39 is 0 Å². The van der Waals surface area contributed by atoms with Crippen molar-refractivity contribution in [1.82, 2.24) is 14.4 Å². The Morgan fingerprint density at radius 1 is 1.20 bits per heavy atom. The molecule has 1 aromatic heterocycles. The van der Waals surface area contributed by atoms with E-state index in [2.05, 4.69) is 4.90 Å². The van der Waals surface area contributed by atoms with Crippen LogP contribution in [0.2, 0.25) is 0 Å². The van der Waals surface area contributed by atoms with E-state index in [0.29, 0.717) is 24.9 Å². The SMILES string of the molecule is COCCN1C[C@H]2CC[C@@H]1CN(C(=O)CCn1c(C)cccc1=O)C2. The molecule has 6 heteroatoms. The van der Waals surface area contributed by atoms with Crippen molar-refractivity contribution in [3.05, 3.63) is 34.2 Å². The highest BCUT2D eigenvalue weighted by atomic mass is 16.5. The molecule has 0 saturated carbocycles. The second-order valence-corrected chi connectivity index (χ2v) is 7.29. The molecular weight excluding hydrogens is 318 g/mol. The Hall–Kier alpha value is -1.66. The van der Waals surface area contributed by atoms with Crippen LogP contribution in [0.4, 0.5) is 0 Å². The zero-order valence-corrected chi connectivity index (χ0v) is 15.3. The number of carbonyl (C=O) groups is 1. The van der Waals surface area contributed by atoms with Crippen molar-refractivity contribution in [2.24, 2.45) is 5.92 Å². The lowest BCUT2D eigenvalue weighted by Gasteiger charge is -2.35. The Bertz CT molecular complexity index is 658. The van der Waals surface area contributed by atoms with E-state index in [1.807, 2.05) is 17.9 Å². The van der Waals surface area contributed by atoms with E-state index in [1.54, 1.807) is 23.8 Å². The van der Waals surface area contributed by atoms with Crippen molar-refractivity contribution in [3.8, 4) is 0 Å². The number of ether oxygens (including phenoxy) is 1. The molecule has 3 aliphatic heterocycles. The minimum atomic E-state index is -0.0329. The number of pyridine rings is 1. The Labute approximate surface area is 149 Å². The summed E-state index contributed by atoms with van der Waals surface area (Å²) in [5.74, 6) is 0.724. The van der Waals surface area contributed by atoms with E-state index in [9.17, 15) is 9.59 Å². The number of methoxy groups -OCH3 is 1. The largest absolute Gasteiger partial charge is 0.383 e. The molecule has 3 saturated heterocycles. The normalized spacial score (nSPS) is 23.7. The van der Waals surface area contributed by atoms with Crippen molar-refractivity contribution in [1.29, 1.82) is 0 Å². The van der Waals surface area contributed by atoms with Crippen LogP contribution in [0.15, 0.2) is 23.0 Å². The molecule has 0 aliphatic carbocycles. The Kier molecular flexibility index (Phi) is 5.91. The first-order chi connectivity index (χ1) is 12.1. The molecule has 2 atom stereocenters. The summed E-state index contributed by atoms with van der Waals surface area (Å²) in [6.07, 6.45) is 2.76. The minimum absolute atomic E-state index is 0.0329. The summed E-state index contributed by atoms with van der Waals surface area (Å²) in [7, 11) is 1.74. The number of hydrogen-bond acceptors (Lipinski definition) is 4. The summed E-state index contributed by atoms with van der Waals surface area (Å²) >= 11 is 0. The lowest BCUT2D eigenvalue weighted by Crippen LogP contribution is -2.45. The van der Waals surface area contributed by atoms with Gasteiger partial charge >= 0.3 is 0 Å². The van der Waals surface area contributed by atoms with Crippen LogP contribution in [0.1, 0.15) is 25.0 Å². The van der Waals surface area contributed by atoms with Crippen molar-refractivity contribution >= 4 is 5.91 Å². The molecule has 138 valence electrons. The van der Waals surface area contributed by atoms with Crippen LogP contribution in [-0.4, -0.2) is 66.2 Å². The Balaban J connectivity index is 1.60. The number of aromatic nitrogens is 1. The minimum Gasteiger partial charge on any atom is -0.383 e. The molecule has 0 unspecified atom stereocenters. The van der Waals surface area contributed by atoms with E-state index >= 15 is 0 Å². The van der Waals surface area contributed by atoms with Crippen molar-refractivity contribution in [2.45, 2.75) is 38.8 Å². The van der Waals surface area contributed by atoms with Crippen LogP contribution in [0.5, 0.6) is 0 Å². The predicted molar refractivity (Wildman–Crippen MR) is 96.6 cm³/mol. The molecule has 1 aromatic rings. The number of rotatable bonds is 6. The van der Waals surface area contributed by atoms with Gasteiger partial charge in [0.2, 0.25) is 5.91 Å². The van der Waals surface area contributed by atoms with E-state index in [-0.39, 0.29) is 11.5 Å². The number of nitrogens with zero attached hydrogens (tertiary/aromatic N) is 3. The fraction of sp³-hybridized carbons (Fsp3) is 0.684. The first-order valence-corrected chi connectivity index (χ1v) is 9.25. The molecule has 1 amide bonds. The highest BCUT2D eigenvalue weighted by Gasteiger charge is 2.35. The topological polar surface area (TPSA) is 54.8 Å². The number of amides is 1. The maximum Gasteiger partial charge on any atom is 0.250 e. The first-order valence-electron chi connectivity index (χ1n) is 9.25. The quantitative estimate of drug-likeness (QED) is 0.774. The fourth-order valence-electron chi connectivity index (χ4n) is 4.14. The maximum absolute atomic E-state index is 12.8. The number of carbonyl (C=O) groups excluding carboxylic acids is 1. The third-order valence-electron chi connectivity index (χ3n) is 5.58. The summed E-state index contributed by atoms with van der Waals surface area (Å²) in [5.41, 5.74) is 0.872. The summed E-state index contributed by atoms with van der Waals surface area (Å²) in [6, 6.07) is 5.67. The average Bonchev–Trinajstić information content (AvgIpc) is 2.91. The van der Waals surface area contributed by atoms with Crippen LogP contribution in [0.3, 0.4) is 0 Å². The summed E-state index contributed by atoms with van der Waals surface area (Å²) in [5, 5.41) is 0. The summed E-state index contributed by atoms with van der Waals surface area (Å²) < 4.78 is 6.91. The van der Waals surface area contributed by atoms with Gasteiger partial charge in [-0.3, -0.25) is 14.5 Å². The van der Waals surface area contributed by atoms with E-state index in [1.165, 1.54) is 6.42 Å². The lowest BCUT2D eigenvalue weighted by atomic mass is 9.95. The molecule has 3 fully saturated rings. The zero-order chi connectivity index (χ0) is 17.8. The van der Waals surface area contributed by atoms with Gasteiger partial charge in [-0.25, -0.2) is 0 Å². The second kappa shape index (κ2) is 8.15. The third kappa shape index (κ3) is 4.30.